The normalized spacial score (nSPS) is 16.8. The van der Waals surface area contributed by atoms with Crippen molar-refractivity contribution in [1.82, 2.24) is 10.3 Å². The quantitative estimate of drug-likeness (QED) is 0.378. The minimum Gasteiger partial charge on any atom is -0.299 e. The maximum Gasteiger partial charge on any atom is 0.265 e. The Bertz CT molecular complexity index is 484. The van der Waals surface area contributed by atoms with E-state index in [1.165, 1.54) is 44.1 Å². The maximum absolute atomic E-state index is 11.5. The van der Waals surface area contributed by atoms with Crippen LogP contribution in [0.5, 0.6) is 0 Å². The van der Waals surface area contributed by atoms with Crippen molar-refractivity contribution in [2.24, 2.45) is 5.84 Å². The van der Waals surface area contributed by atoms with Crippen molar-refractivity contribution in [2.75, 3.05) is 7.05 Å². The van der Waals surface area contributed by atoms with E-state index in [0.717, 1.165) is 11.0 Å². The monoisotopic (exact) mass is 353 g/mol. The van der Waals surface area contributed by atoms with E-state index in [-0.39, 0.29) is 5.91 Å². The van der Waals surface area contributed by atoms with Gasteiger partial charge < -0.3 is 0 Å². The molecule has 1 saturated carbocycles. The molecule has 0 aromatic heterocycles. The van der Waals surface area contributed by atoms with E-state index < -0.39 is 0 Å². The minimum atomic E-state index is -0.264. The first-order chi connectivity index (χ1) is 10.1. The fourth-order valence-corrected chi connectivity index (χ4v) is 3.50. The van der Waals surface area contributed by atoms with Crippen LogP contribution < -0.4 is 11.3 Å². The van der Waals surface area contributed by atoms with Gasteiger partial charge >= 0.3 is 0 Å². The zero-order valence-electron chi connectivity index (χ0n) is 12.6. The SMILES string of the molecule is CN(Cc1ccc(C(=O)NN)cc1Br)C1CCCCCC1. The summed E-state index contributed by atoms with van der Waals surface area (Å²) in [5.74, 6) is 4.90. The molecule has 1 fully saturated rings. The number of hydrogen-bond acceptors (Lipinski definition) is 3. The first kappa shape index (κ1) is 16.5. The van der Waals surface area contributed by atoms with Gasteiger partial charge in [0.2, 0.25) is 0 Å². The molecule has 0 saturated heterocycles. The van der Waals surface area contributed by atoms with Gasteiger partial charge in [0, 0.05) is 22.6 Å². The molecule has 1 aliphatic rings. The highest BCUT2D eigenvalue weighted by atomic mass is 79.9. The first-order valence-electron chi connectivity index (χ1n) is 7.61. The zero-order chi connectivity index (χ0) is 15.2. The number of nitrogens with zero attached hydrogens (tertiary/aromatic N) is 1. The van der Waals surface area contributed by atoms with Gasteiger partial charge in [-0.3, -0.25) is 15.1 Å². The Balaban J connectivity index is 2.03. The number of nitrogen functional groups attached to an aromatic ring is 1. The summed E-state index contributed by atoms with van der Waals surface area (Å²) in [6, 6.07) is 6.33. The highest BCUT2D eigenvalue weighted by molar-refractivity contribution is 9.10. The molecule has 0 aliphatic heterocycles. The van der Waals surface area contributed by atoms with Gasteiger partial charge in [-0.05, 0) is 37.6 Å². The second-order valence-electron chi connectivity index (χ2n) is 5.84. The van der Waals surface area contributed by atoms with Crippen LogP contribution in [0.25, 0.3) is 0 Å². The van der Waals surface area contributed by atoms with Crippen LogP contribution in [0.3, 0.4) is 0 Å². The van der Waals surface area contributed by atoms with Gasteiger partial charge in [-0.25, -0.2) is 5.84 Å². The summed E-state index contributed by atoms with van der Waals surface area (Å²) in [5.41, 5.74) is 3.94. The number of carbonyl (C=O) groups excluding carboxylic acids is 1. The molecule has 0 radical (unpaired) electrons. The molecule has 116 valence electrons. The van der Waals surface area contributed by atoms with Crippen molar-refractivity contribution in [3.8, 4) is 0 Å². The van der Waals surface area contributed by atoms with Gasteiger partial charge in [-0.2, -0.15) is 0 Å². The average molecular weight is 354 g/mol. The van der Waals surface area contributed by atoms with Crippen LogP contribution in [-0.2, 0) is 6.54 Å². The molecule has 0 unspecified atom stereocenters. The average Bonchev–Trinajstić information content (AvgIpc) is 2.77. The van der Waals surface area contributed by atoms with Crippen LogP contribution in [0.4, 0.5) is 0 Å². The van der Waals surface area contributed by atoms with Crippen LogP contribution in [0.1, 0.15) is 54.4 Å². The fraction of sp³-hybridized carbons (Fsp3) is 0.562. The number of nitrogens with two attached hydrogens (primary N) is 1. The lowest BCUT2D eigenvalue weighted by molar-refractivity contribution is 0.0953. The van der Waals surface area contributed by atoms with Gasteiger partial charge in [0.25, 0.3) is 5.91 Å². The third-order valence-electron chi connectivity index (χ3n) is 4.31. The highest BCUT2D eigenvalue weighted by Gasteiger charge is 2.18. The van der Waals surface area contributed by atoms with Crippen LogP contribution >= 0.6 is 15.9 Å². The largest absolute Gasteiger partial charge is 0.299 e. The smallest absolute Gasteiger partial charge is 0.265 e. The number of amides is 1. The van der Waals surface area contributed by atoms with E-state index in [0.29, 0.717) is 11.6 Å². The number of carbonyl (C=O) groups is 1. The molecular weight excluding hydrogens is 330 g/mol. The summed E-state index contributed by atoms with van der Waals surface area (Å²) in [5, 5.41) is 0. The van der Waals surface area contributed by atoms with E-state index in [1.807, 2.05) is 18.2 Å². The standard InChI is InChI=1S/C16H24BrN3O/c1-20(14-6-4-2-3-5-7-14)11-13-9-8-12(10-15(13)17)16(21)19-18/h8-10,14H,2-7,11,18H2,1H3,(H,19,21). The Hall–Kier alpha value is -0.910. The van der Waals surface area contributed by atoms with E-state index >= 15 is 0 Å². The number of halogens is 1. The summed E-state index contributed by atoms with van der Waals surface area (Å²) in [4.78, 5) is 14.0. The Morgan fingerprint density at radius 3 is 2.57 bits per heavy atom. The first-order valence-corrected chi connectivity index (χ1v) is 8.40. The molecule has 0 atom stereocenters. The molecule has 1 aliphatic carbocycles. The van der Waals surface area contributed by atoms with Gasteiger partial charge in [-0.1, -0.05) is 47.7 Å². The van der Waals surface area contributed by atoms with Crippen LogP contribution in [-0.4, -0.2) is 23.9 Å². The Kier molecular flexibility index (Phi) is 6.21. The number of nitrogens with one attached hydrogen (secondary N) is 1. The highest BCUT2D eigenvalue weighted by Crippen LogP contribution is 2.25. The van der Waals surface area contributed by atoms with Gasteiger partial charge in [-0.15, -0.1) is 0 Å². The summed E-state index contributed by atoms with van der Waals surface area (Å²) >= 11 is 3.57. The molecule has 1 amide bonds. The predicted molar refractivity (Wildman–Crippen MR) is 88.8 cm³/mol. The number of benzene rings is 1. The third kappa shape index (κ3) is 4.53. The van der Waals surface area contributed by atoms with Gasteiger partial charge in [0.1, 0.15) is 0 Å². The van der Waals surface area contributed by atoms with Crippen LogP contribution in [0, 0.1) is 0 Å². The summed E-state index contributed by atoms with van der Waals surface area (Å²) in [6.07, 6.45) is 8.01. The molecule has 1 aromatic rings. The van der Waals surface area contributed by atoms with E-state index in [9.17, 15) is 4.79 Å². The van der Waals surface area contributed by atoms with E-state index in [4.69, 9.17) is 5.84 Å². The Morgan fingerprint density at radius 2 is 2.00 bits per heavy atom. The Morgan fingerprint density at radius 1 is 1.33 bits per heavy atom. The summed E-state index contributed by atoms with van der Waals surface area (Å²) in [7, 11) is 2.20. The molecule has 2 rings (SSSR count). The molecule has 5 heteroatoms. The van der Waals surface area contributed by atoms with Crippen molar-refractivity contribution in [3.05, 3.63) is 33.8 Å². The van der Waals surface area contributed by atoms with Gasteiger partial charge in [0.05, 0.1) is 0 Å². The second-order valence-corrected chi connectivity index (χ2v) is 6.69. The minimum absolute atomic E-state index is 0.264. The van der Waals surface area contributed by atoms with Crippen molar-refractivity contribution in [2.45, 2.75) is 51.1 Å². The molecule has 0 spiro atoms. The van der Waals surface area contributed by atoms with E-state index in [1.54, 1.807) is 0 Å². The molecule has 0 bridgehead atoms. The fourth-order valence-electron chi connectivity index (χ4n) is 3.00. The summed E-state index contributed by atoms with van der Waals surface area (Å²) in [6.45, 7) is 0.899. The van der Waals surface area contributed by atoms with Crippen LogP contribution in [0.2, 0.25) is 0 Å². The maximum atomic E-state index is 11.5. The van der Waals surface area contributed by atoms with Crippen molar-refractivity contribution in [3.63, 3.8) is 0 Å². The number of rotatable bonds is 4. The molecular formula is C16H24BrN3O. The Labute approximate surface area is 135 Å². The molecule has 3 N–H and O–H groups in total. The van der Waals surface area contributed by atoms with Gasteiger partial charge in [0.15, 0.2) is 0 Å². The third-order valence-corrected chi connectivity index (χ3v) is 5.05. The molecule has 4 nitrogen and oxygen atoms in total. The van der Waals surface area contributed by atoms with Crippen molar-refractivity contribution < 1.29 is 4.79 Å². The lowest BCUT2D eigenvalue weighted by atomic mass is 10.1. The number of hydrogen-bond donors (Lipinski definition) is 2. The summed E-state index contributed by atoms with van der Waals surface area (Å²) < 4.78 is 0.962. The topological polar surface area (TPSA) is 58.4 Å². The molecule has 0 heterocycles. The van der Waals surface area contributed by atoms with E-state index in [2.05, 4.69) is 33.3 Å². The molecule has 21 heavy (non-hydrogen) atoms. The van der Waals surface area contributed by atoms with Crippen molar-refractivity contribution >= 4 is 21.8 Å². The second kappa shape index (κ2) is 7.92. The zero-order valence-corrected chi connectivity index (χ0v) is 14.2. The predicted octanol–water partition coefficient (Wildman–Crippen LogP) is 3.21. The van der Waals surface area contributed by atoms with Crippen molar-refractivity contribution in [1.29, 1.82) is 0 Å². The number of hydrazine groups is 1. The lowest BCUT2D eigenvalue weighted by Gasteiger charge is -2.27. The lowest BCUT2D eigenvalue weighted by Crippen LogP contribution is -2.31. The van der Waals surface area contributed by atoms with Crippen LogP contribution in [0.15, 0.2) is 22.7 Å². The molecule has 1 aromatic carbocycles.